The third-order valence-electron chi connectivity index (χ3n) is 5.59. The monoisotopic (exact) mass is 559 g/mol. The van der Waals surface area contributed by atoms with Gasteiger partial charge in [0.05, 0.1) is 26.3 Å². The lowest BCUT2D eigenvalue weighted by molar-refractivity contribution is -0.136. The summed E-state index contributed by atoms with van der Waals surface area (Å²) in [4.78, 5) is 23.7. The van der Waals surface area contributed by atoms with Gasteiger partial charge < -0.3 is 24.6 Å². The SMILES string of the molecule is CCNC(=NCC(C)Oc1ccc(C)cc1)N1CCN(CC(=O)N2CCOCC2)CC1.I. The van der Waals surface area contributed by atoms with Crippen LogP contribution in [0.15, 0.2) is 29.3 Å². The maximum atomic E-state index is 12.5. The number of morpholine rings is 1. The summed E-state index contributed by atoms with van der Waals surface area (Å²) in [6, 6.07) is 8.10. The van der Waals surface area contributed by atoms with Crippen molar-refractivity contribution in [1.29, 1.82) is 0 Å². The smallest absolute Gasteiger partial charge is 0.236 e. The van der Waals surface area contributed by atoms with Gasteiger partial charge in [0.2, 0.25) is 5.91 Å². The third kappa shape index (κ3) is 8.40. The number of rotatable bonds is 7. The molecule has 2 aliphatic heterocycles. The van der Waals surface area contributed by atoms with Crippen molar-refractivity contribution < 1.29 is 14.3 Å². The van der Waals surface area contributed by atoms with Crippen molar-refractivity contribution in [2.24, 2.45) is 4.99 Å². The Bertz CT molecular complexity index is 717. The minimum absolute atomic E-state index is 0. The largest absolute Gasteiger partial charge is 0.489 e. The molecule has 2 saturated heterocycles. The molecular weight excluding hydrogens is 521 g/mol. The van der Waals surface area contributed by atoms with Crippen LogP contribution in [0.3, 0.4) is 0 Å². The molecule has 1 N–H and O–H groups in total. The molecule has 0 bridgehead atoms. The fraction of sp³-hybridized carbons (Fsp3) is 0.652. The number of piperazine rings is 1. The van der Waals surface area contributed by atoms with E-state index in [0.29, 0.717) is 39.4 Å². The van der Waals surface area contributed by atoms with Gasteiger partial charge >= 0.3 is 0 Å². The molecule has 0 aromatic heterocycles. The van der Waals surface area contributed by atoms with E-state index >= 15 is 0 Å². The van der Waals surface area contributed by atoms with Crippen molar-refractivity contribution >= 4 is 35.8 Å². The van der Waals surface area contributed by atoms with Gasteiger partial charge in [-0.25, -0.2) is 4.99 Å². The Balaban J connectivity index is 0.00000363. The van der Waals surface area contributed by atoms with Crippen LogP contribution >= 0.6 is 24.0 Å². The molecule has 32 heavy (non-hydrogen) atoms. The van der Waals surface area contributed by atoms with Crippen LogP contribution in [0.25, 0.3) is 0 Å². The Morgan fingerprint density at radius 2 is 1.75 bits per heavy atom. The fourth-order valence-corrected chi connectivity index (χ4v) is 3.75. The molecule has 8 nitrogen and oxygen atoms in total. The van der Waals surface area contributed by atoms with Crippen molar-refractivity contribution in [1.82, 2.24) is 20.0 Å². The van der Waals surface area contributed by atoms with Crippen molar-refractivity contribution in [2.45, 2.75) is 26.9 Å². The Labute approximate surface area is 209 Å². The van der Waals surface area contributed by atoms with Crippen molar-refractivity contribution in [3.63, 3.8) is 0 Å². The highest BCUT2D eigenvalue weighted by molar-refractivity contribution is 14.0. The van der Waals surface area contributed by atoms with E-state index in [2.05, 4.69) is 41.1 Å². The molecule has 2 heterocycles. The van der Waals surface area contributed by atoms with Gasteiger partial charge in [0, 0.05) is 45.8 Å². The van der Waals surface area contributed by atoms with E-state index in [-0.39, 0.29) is 36.0 Å². The van der Waals surface area contributed by atoms with Gasteiger partial charge in [-0.15, -0.1) is 24.0 Å². The minimum Gasteiger partial charge on any atom is -0.489 e. The standard InChI is InChI=1S/C23H37N5O3.HI/c1-4-24-23(25-17-20(3)31-21-7-5-19(2)6-8-21)28-11-9-26(10-12-28)18-22(29)27-13-15-30-16-14-27;/h5-8,20H,4,9-18H2,1-3H3,(H,24,25);1H. The van der Waals surface area contributed by atoms with E-state index in [1.54, 1.807) is 0 Å². The molecule has 0 saturated carbocycles. The van der Waals surface area contributed by atoms with Gasteiger partial charge in [0.15, 0.2) is 5.96 Å². The summed E-state index contributed by atoms with van der Waals surface area (Å²) >= 11 is 0. The second kappa shape index (κ2) is 13.8. The molecule has 9 heteroatoms. The second-order valence-electron chi connectivity index (χ2n) is 8.19. The van der Waals surface area contributed by atoms with E-state index in [9.17, 15) is 4.79 Å². The first-order chi connectivity index (χ1) is 15.0. The predicted molar refractivity (Wildman–Crippen MR) is 138 cm³/mol. The summed E-state index contributed by atoms with van der Waals surface area (Å²) in [6.07, 6.45) is -0.0104. The lowest BCUT2D eigenvalue weighted by atomic mass is 10.2. The van der Waals surface area contributed by atoms with E-state index < -0.39 is 0 Å². The molecule has 0 aliphatic carbocycles. The Hall–Kier alpha value is -1.59. The maximum absolute atomic E-state index is 12.5. The fourth-order valence-electron chi connectivity index (χ4n) is 3.75. The molecule has 0 radical (unpaired) electrons. The lowest BCUT2D eigenvalue weighted by Gasteiger charge is -2.37. The zero-order valence-corrected chi connectivity index (χ0v) is 21.9. The van der Waals surface area contributed by atoms with Gasteiger partial charge in [-0.3, -0.25) is 9.69 Å². The highest BCUT2D eigenvalue weighted by atomic mass is 127. The molecule has 0 spiro atoms. The van der Waals surface area contributed by atoms with E-state index in [1.165, 1.54) is 5.56 Å². The molecule has 1 amide bonds. The molecule has 1 unspecified atom stereocenters. The zero-order chi connectivity index (χ0) is 22.1. The number of aryl methyl sites for hydroxylation is 1. The number of amides is 1. The van der Waals surface area contributed by atoms with Crippen LogP contribution in [-0.4, -0.2) is 105 Å². The molecule has 1 atom stereocenters. The molecule has 1 aromatic carbocycles. The third-order valence-corrected chi connectivity index (χ3v) is 5.59. The molecule has 2 fully saturated rings. The van der Waals surface area contributed by atoms with Crippen LogP contribution in [0.5, 0.6) is 5.75 Å². The minimum atomic E-state index is -0.0104. The van der Waals surface area contributed by atoms with Crippen LogP contribution in [0, 0.1) is 6.92 Å². The van der Waals surface area contributed by atoms with E-state index in [0.717, 1.165) is 44.4 Å². The number of nitrogens with zero attached hydrogens (tertiary/aromatic N) is 4. The summed E-state index contributed by atoms with van der Waals surface area (Å²) < 4.78 is 11.3. The highest BCUT2D eigenvalue weighted by Gasteiger charge is 2.24. The van der Waals surface area contributed by atoms with Crippen molar-refractivity contribution in [2.75, 3.05) is 72.1 Å². The summed E-state index contributed by atoms with van der Waals surface area (Å²) in [5.41, 5.74) is 1.22. The van der Waals surface area contributed by atoms with Crippen LogP contribution in [0.2, 0.25) is 0 Å². The first-order valence-corrected chi connectivity index (χ1v) is 11.4. The van der Waals surface area contributed by atoms with Crippen LogP contribution in [0.4, 0.5) is 0 Å². The van der Waals surface area contributed by atoms with E-state index in [1.807, 2.05) is 24.0 Å². The maximum Gasteiger partial charge on any atom is 0.236 e. The van der Waals surface area contributed by atoms with Crippen molar-refractivity contribution in [3.05, 3.63) is 29.8 Å². The normalized spacial score (nSPS) is 18.7. The number of carbonyl (C=O) groups is 1. The van der Waals surface area contributed by atoms with Gasteiger partial charge in [0.1, 0.15) is 11.9 Å². The van der Waals surface area contributed by atoms with Gasteiger partial charge in [0.25, 0.3) is 0 Å². The summed E-state index contributed by atoms with van der Waals surface area (Å²) in [5, 5.41) is 3.40. The molecule has 1 aromatic rings. The number of halogens is 1. The Morgan fingerprint density at radius 1 is 1.09 bits per heavy atom. The average molecular weight is 559 g/mol. The molecule has 180 valence electrons. The van der Waals surface area contributed by atoms with Gasteiger partial charge in [-0.1, -0.05) is 17.7 Å². The van der Waals surface area contributed by atoms with Gasteiger partial charge in [-0.05, 0) is 32.9 Å². The second-order valence-corrected chi connectivity index (χ2v) is 8.19. The number of hydrogen-bond acceptors (Lipinski definition) is 5. The molecular formula is C23H38IN5O3. The summed E-state index contributed by atoms with van der Waals surface area (Å²) in [5.74, 6) is 2.00. The number of benzene rings is 1. The van der Waals surface area contributed by atoms with Crippen LogP contribution in [0.1, 0.15) is 19.4 Å². The number of aliphatic imine (C=N–C) groups is 1. The highest BCUT2D eigenvalue weighted by Crippen LogP contribution is 2.13. The number of ether oxygens (including phenoxy) is 2. The summed E-state index contributed by atoms with van der Waals surface area (Å²) in [6.45, 7) is 14.2. The predicted octanol–water partition coefficient (Wildman–Crippen LogP) is 1.82. The number of guanidine groups is 1. The molecule has 3 rings (SSSR count). The quantitative estimate of drug-likeness (QED) is 0.313. The number of carbonyl (C=O) groups excluding carboxylic acids is 1. The first-order valence-electron chi connectivity index (χ1n) is 11.4. The molecule has 2 aliphatic rings. The Kier molecular flexibility index (Phi) is 11.5. The number of hydrogen-bond donors (Lipinski definition) is 1. The van der Waals surface area contributed by atoms with Crippen LogP contribution < -0.4 is 10.1 Å². The van der Waals surface area contributed by atoms with Crippen LogP contribution in [-0.2, 0) is 9.53 Å². The van der Waals surface area contributed by atoms with E-state index in [4.69, 9.17) is 14.5 Å². The Morgan fingerprint density at radius 3 is 2.38 bits per heavy atom. The van der Waals surface area contributed by atoms with Crippen molar-refractivity contribution in [3.8, 4) is 5.75 Å². The lowest BCUT2D eigenvalue weighted by Crippen LogP contribution is -2.55. The summed E-state index contributed by atoms with van der Waals surface area (Å²) in [7, 11) is 0. The average Bonchev–Trinajstić information content (AvgIpc) is 2.79. The first kappa shape index (κ1) is 26.7. The number of nitrogens with one attached hydrogen (secondary N) is 1. The topological polar surface area (TPSA) is 69.6 Å². The van der Waals surface area contributed by atoms with Gasteiger partial charge in [-0.2, -0.15) is 0 Å². The zero-order valence-electron chi connectivity index (χ0n) is 19.6.